The Morgan fingerprint density at radius 3 is 2.68 bits per heavy atom. The molecule has 0 fully saturated rings. The largest absolute Gasteiger partial charge is 0.462 e. The molecule has 114 valence electrons. The Morgan fingerprint density at radius 1 is 1.23 bits per heavy atom. The molecule has 0 saturated heterocycles. The van der Waals surface area contributed by atoms with Crippen molar-refractivity contribution in [2.24, 2.45) is 0 Å². The molecule has 0 aliphatic rings. The summed E-state index contributed by atoms with van der Waals surface area (Å²) in [4.78, 5) is 11.7. The maximum Gasteiger partial charge on any atom is 0.250 e. The number of amides is 1. The first-order valence-electron chi connectivity index (χ1n) is 7.01. The Morgan fingerprint density at radius 2 is 2.00 bits per heavy atom. The zero-order valence-corrected chi connectivity index (χ0v) is 13.2. The number of nitrogens with one attached hydrogen (secondary N) is 2. The molecule has 5 heteroatoms. The van der Waals surface area contributed by atoms with E-state index in [4.69, 9.17) is 16.6 Å². The smallest absolute Gasteiger partial charge is 0.250 e. The predicted molar refractivity (Wildman–Crippen MR) is 91.4 cm³/mol. The molecule has 22 heavy (non-hydrogen) atoms. The summed E-state index contributed by atoms with van der Waals surface area (Å²) in [5.74, 6) is 1.15. The number of benzene rings is 1. The summed E-state index contributed by atoms with van der Waals surface area (Å²) in [5, 5.41) is 5.92. The lowest BCUT2D eigenvalue weighted by Crippen LogP contribution is -2.39. The molecular formula is C17H18N2O2S. The molecule has 2 N–H and O–H groups in total. The van der Waals surface area contributed by atoms with E-state index < -0.39 is 0 Å². The van der Waals surface area contributed by atoms with Crippen LogP contribution in [-0.4, -0.2) is 17.6 Å². The first-order valence-corrected chi connectivity index (χ1v) is 7.41. The number of hydrogen-bond donors (Lipinski definition) is 2. The number of rotatable bonds is 5. The van der Waals surface area contributed by atoms with Crippen LogP contribution in [0.25, 0.3) is 6.08 Å². The highest BCUT2D eigenvalue weighted by atomic mass is 32.1. The van der Waals surface area contributed by atoms with Gasteiger partial charge in [0.05, 0.1) is 0 Å². The van der Waals surface area contributed by atoms with Crippen LogP contribution in [0.2, 0.25) is 0 Å². The van der Waals surface area contributed by atoms with Gasteiger partial charge in [-0.25, -0.2) is 0 Å². The van der Waals surface area contributed by atoms with Crippen molar-refractivity contribution in [1.82, 2.24) is 10.6 Å². The number of furan rings is 1. The molecule has 1 amide bonds. The van der Waals surface area contributed by atoms with Gasteiger partial charge in [-0.1, -0.05) is 30.3 Å². The van der Waals surface area contributed by atoms with Gasteiger partial charge in [0.2, 0.25) is 5.91 Å². The molecule has 0 bridgehead atoms. The minimum Gasteiger partial charge on any atom is -0.462 e. The van der Waals surface area contributed by atoms with Crippen LogP contribution in [0.3, 0.4) is 0 Å². The van der Waals surface area contributed by atoms with E-state index in [0.29, 0.717) is 17.4 Å². The number of hydrogen-bond acceptors (Lipinski definition) is 3. The van der Waals surface area contributed by atoms with Gasteiger partial charge in [0.25, 0.3) is 0 Å². The summed E-state index contributed by atoms with van der Waals surface area (Å²) in [7, 11) is 0. The second-order valence-corrected chi connectivity index (χ2v) is 5.17. The maximum atomic E-state index is 11.7. The molecule has 0 aliphatic carbocycles. The van der Waals surface area contributed by atoms with Crippen molar-refractivity contribution in [2.75, 3.05) is 6.54 Å². The fourth-order valence-corrected chi connectivity index (χ4v) is 2.07. The van der Waals surface area contributed by atoms with E-state index in [0.717, 1.165) is 12.2 Å². The van der Waals surface area contributed by atoms with E-state index in [1.54, 1.807) is 12.1 Å². The van der Waals surface area contributed by atoms with Gasteiger partial charge in [-0.15, -0.1) is 0 Å². The predicted octanol–water partition coefficient (Wildman–Crippen LogP) is 2.83. The van der Waals surface area contributed by atoms with E-state index in [1.165, 1.54) is 11.6 Å². The highest BCUT2D eigenvalue weighted by Crippen LogP contribution is 2.07. The van der Waals surface area contributed by atoms with E-state index in [9.17, 15) is 4.79 Å². The van der Waals surface area contributed by atoms with Gasteiger partial charge < -0.3 is 9.73 Å². The first-order chi connectivity index (χ1) is 10.6. The molecule has 1 heterocycles. The van der Waals surface area contributed by atoms with Gasteiger partial charge in [0.15, 0.2) is 5.11 Å². The van der Waals surface area contributed by atoms with Crippen LogP contribution in [0.15, 0.2) is 53.0 Å². The molecule has 2 rings (SSSR count). The standard InChI is InChI=1S/C17H18N2O2S/c1-13-7-8-15(21-13)9-10-16(20)19-17(22)18-12-11-14-5-3-2-4-6-14/h2-10H,11-12H2,1H3,(H2,18,19,20,22)/b10-9+. The van der Waals surface area contributed by atoms with Crippen LogP contribution in [0.1, 0.15) is 17.1 Å². The molecule has 0 radical (unpaired) electrons. The van der Waals surface area contributed by atoms with Crippen LogP contribution in [0, 0.1) is 6.92 Å². The molecule has 1 aromatic heterocycles. The van der Waals surface area contributed by atoms with Crippen molar-refractivity contribution in [3.8, 4) is 0 Å². The van der Waals surface area contributed by atoms with Gasteiger partial charge >= 0.3 is 0 Å². The second kappa shape index (κ2) is 8.14. The van der Waals surface area contributed by atoms with Crippen LogP contribution in [-0.2, 0) is 11.2 Å². The van der Waals surface area contributed by atoms with Crippen molar-refractivity contribution in [1.29, 1.82) is 0 Å². The number of thiocarbonyl (C=S) groups is 1. The molecule has 0 saturated carbocycles. The van der Waals surface area contributed by atoms with Crippen molar-refractivity contribution in [3.05, 3.63) is 65.6 Å². The SMILES string of the molecule is Cc1ccc(/C=C/C(=O)NC(=S)NCCc2ccccc2)o1. The lowest BCUT2D eigenvalue weighted by Gasteiger charge is -2.07. The summed E-state index contributed by atoms with van der Waals surface area (Å²) < 4.78 is 5.34. The van der Waals surface area contributed by atoms with Crippen LogP contribution < -0.4 is 10.6 Å². The maximum absolute atomic E-state index is 11.7. The molecule has 4 nitrogen and oxygen atoms in total. The fraction of sp³-hybridized carbons (Fsp3) is 0.176. The molecular weight excluding hydrogens is 296 g/mol. The van der Waals surface area contributed by atoms with Gasteiger partial charge in [-0.2, -0.15) is 0 Å². The molecule has 0 unspecified atom stereocenters. The summed E-state index contributed by atoms with van der Waals surface area (Å²) in [5.41, 5.74) is 1.22. The Hall–Kier alpha value is -2.40. The van der Waals surface area contributed by atoms with Crippen molar-refractivity contribution >= 4 is 29.3 Å². The summed E-state index contributed by atoms with van der Waals surface area (Å²) in [6.45, 7) is 2.52. The summed E-state index contributed by atoms with van der Waals surface area (Å²) >= 11 is 5.08. The second-order valence-electron chi connectivity index (χ2n) is 4.76. The fourth-order valence-electron chi connectivity index (χ4n) is 1.86. The number of carbonyl (C=O) groups is 1. The zero-order valence-electron chi connectivity index (χ0n) is 12.3. The summed E-state index contributed by atoms with van der Waals surface area (Å²) in [6, 6.07) is 13.7. The van der Waals surface area contributed by atoms with Crippen molar-refractivity contribution in [3.63, 3.8) is 0 Å². The number of carbonyl (C=O) groups excluding carboxylic acids is 1. The minimum atomic E-state index is -0.286. The van der Waals surface area contributed by atoms with Crippen LogP contribution in [0.4, 0.5) is 0 Å². The quantitative estimate of drug-likeness (QED) is 0.658. The van der Waals surface area contributed by atoms with Gasteiger partial charge in [0, 0.05) is 12.6 Å². The van der Waals surface area contributed by atoms with Gasteiger partial charge in [0.1, 0.15) is 11.5 Å². The average molecular weight is 314 g/mol. The van der Waals surface area contributed by atoms with Crippen LogP contribution in [0.5, 0.6) is 0 Å². The topological polar surface area (TPSA) is 54.3 Å². The molecule has 0 aliphatic heterocycles. The monoisotopic (exact) mass is 314 g/mol. The Kier molecular flexibility index (Phi) is 5.91. The zero-order chi connectivity index (χ0) is 15.8. The molecule has 2 aromatic rings. The highest BCUT2D eigenvalue weighted by Gasteiger charge is 2.01. The lowest BCUT2D eigenvalue weighted by molar-refractivity contribution is -0.115. The van der Waals surface area contributed by atoms with Crippen molar-refractivity contribution in [2.45, 2.75) is 13.3 Å². The lowest BCUT2D eigenvalue weighted by atomic mass is 10.1. The van der Waals surface area contributed by atoms with E-state index in [2.05, 4.69) is 22.8 Å². The first kappa shape index (κ1) is 16.0. The Balaban J connectivity index is 1.70. The van der Waals surface area contributed by atoms with E-state index in [-0.39, 0.29) is 5.91 Å². The van der Waals surface area contributed by atoms with Gasteiger partial charge in [-0.05, 0) is 49.3 Å². The number of aryl methyl sites for hydroxylation is 1. The Labute approximate surface area is 135 Å². The normalized spacial score (nSPS) is 10.6. The van der Waals surface area contributed by atoms with Crippen LogP contribution >= 0.6 is 12.2 Å². The minimum absolute atomic E-state index is 0.286. The molecule has 1 aromatic carbocycles. The molecule has 0 spiro atoms. The third-order valence-electron chi connectivity index (χ3n) is 2.94. The van der Waals surface area contributed by atoms with Gasteiger partial charge in [-0.3, -0.25) is 10.1 Å². The Bertz CT molecular complexity index is 662. The van der Waals surface area contributed by atoms with E-state index >= 15 is 0 Å². The molecule has 0 atom stereocenters. The van der Waals surface area contributed by atoms with E-state index in [1.807, 2.05) is 31.2 Å². The average Bonchev–Trinajstić information content (AvgIpc) is 2.92. The third kappa shape index (κ3) is 5.54. The van der Waals surface area contributed by atoms with Crippen molar-refractivity contribution < 1.29 is 9.21 Å². The summed E-state index contributed by atoms with van der Waals surface area (Å²) in [6.07, 6.45) is 3.84. The third-order valence-corrected chi connectivity index (χ3v) is 3.19. The highest BCUT2D eigenvalue weighted by molar-refractivity contribution is 7.80.